The van der Waals surface area contributed by atoms with Gasteiger partial charge in [0.2, 0.25) is 11.8 Å². The van der Waals surface area contributed by atoms with Crippen molar-refractivity contribution in [2.75, 3.05) is 6.54 Å². The average Bonchev–Trinajstić information content (AvgIpc) is 3.29. The number of hydrogen-bond acceptors (Lipinski definition) is 5. The van der Waals surface area contributed by atoms with Crippen molar-refractivity contribution < 1.29 is 14.4 Å². The van der Waals surface area contributed by atoms with E-state index in [1.165, 1.54) is 32.1 Å². The predicted molar refractivity (Wildman–Crippen MR) is 111 cm³/mol. The Kier molecular flexibility index (Phi) is 5.33. The molecule has 1 unspecified atom stereocenters. The molecule has 1 aromatic carbocycles. The van der Waals surface area contributed by atoms with Crippen molar-refractivity contribution in [3.63, 3.8) is 0 Å². The highest BCUT2D eigenvalue weighted by molar-refractivity contribution is 6.05. The number of nitrogens with zero attached hydrogens (tertiary/aromatic N) is 1. The number of fused-ring (bicyclic) bond motifs is 2. The molecule has 0 aromatic heterocycles. The molecule has 1 saturated carbocycles. The van der Waals surface area contributed by atoms with E-state index in [0.717, 1.165) is 29.2 Å². The molecule has 0 spiro atoms. The Labute approximate surface area is 177 Å². The number of amides is 3. The summed E-state index contributed by atoms with van der Waals surface area (Å²) in [5.74, 6) is 0.114. The third kappa shape index (κ3) is 3.65. The summed E-state index contributed by atoms with van der Waals surface area (Å²) in [6.45, 7) is 1.98. The van der Waals surface area contributed by atoms with Crippen LogP contribution in [0.2, 0.25) is 0 Å². The topological polar surface area (TPSA) is 90.5 Å². The fourth-order valence-corrected chi connectivity index (χ4v) is 5.81. The second kappa shape index (κ2) is 8.12. The molecule has 3 N–H and O–H groups in total. The monoisotopic (exact) mass is 410 g/mol. The second-order valence-corrected chi connectivity index (χ2v) is 9.23. The van der Waals surface area contributed by atoms with Crippen LogP contribution in [-0.2, 0) is 22.7 Å². The molecule has 5 rings (SSSR count). The van der Waals surface area contributed by atoms with Gasteiger partial charge >= 0.3 is 0 Å². The van der Waals surface area contributed by atoms with Crippen LogP contribution in [0.1, 0.15) is 66.4 Å². The van der Waals surface area contributed by atoms with E-state index in [9.17, 15) is 14.4 Å². The van der Waals surface area contributed by atoms with Crippen molar-refractivity contribution >= 4 is 17.7 Å². The minimum Gasteiger partial charge on any atom is -0.322 e. The highest BCUT2D eigenvalue weighted by atomic mass is 16.2. The van der Waals surface area contributed by atoms with Crippen molar-refractivity contribution in [3.8, 4) is 0 Å². The van der Waals surface area contributed by atoms with Crippen molar-refractivity contribution in [1.29, 1.82) is 0 Å². The fourth-order valence-electron chi connectivity index (χ4n) is 5.81. The van der Waals surface area contributed by atoms with Gasteiger partial charge in [0.05, 0.1) is 0 Å². The van der Waals surface area contributed by atoms with E-state index in [2.05, 4.69) is 16.0 Å². The lowest BCUT2D eigenvalue weighted by atomic mass is 9.85. The number of benzene rings is 1. The van der Waals surface area contributed by atoms with E-state index in [1.54, 1.807) is 4.90 Å². The van der Waals surface area contributed by atoms with Crippen LogP contribution >= 0.6 is 0 Å². The van der Waals surface area contributed by atoms with Gasteiger partial charge < -0.3 is 15.5 Å². The van der Waals surface area contributed by atoms with E-state index < -0.39 is 6.04 Å². The highest BCUT2D eigenvalue weighted by Gasteiger charge is 2.40. The zero-order chi connectivity index (χ0) is 20.7. The molecule has 4 atom stereocenters. The van der Waals surface area contributed by atoms with Crippen LogP contribution in [0.25, 0.3) is 0 Å². The largest absolute Gasteiger partial charge is 0.322 e. The Balaban J connectivity index is 1.22. The van der Waals surface area contributed by atoms with Crippen LogP contribution in [0.5, 0.6) is 0 Å². The van der Waals surface area contributed by atoms with Crippen LogP contribution in [0.15, 0.2) is 18.2 Å². The predicted octanol–water partition coefficient (Wildman–Crippen LogP) is 1.46. The van der Waals surface area contributed by atoms with E-state index in [1.807, 2.05) is 18.2 Å². The quantitative estimate of drug-likeness (QED) is 0.640. The number of carbonyl (C=O) groups is 3. The lowest BCUT2D eigenvalue weighted by Crippen LogP contribution is -2.52. The van der Waals surface area contributed by atoms with E-state index in [4.69, 9.17) is 0 Å². The van der Waals surface area contributed by atoms with Gasteiger partial charge in [-0.15, -0.1) is 0 Å². The van der Waals surface area contributed by atoms with Gasteiger partial charge in [0.25, 0.3) is 5.91 Å². The van der Waals surface area contributed by atoms with Crippen LogP contribution in [0.4, 0.5) is 0 Å². The Morgan fingerprint density at radius 1 is 1.10 bits per heavy atom. The zero-order valence-corrected chi connectivity index (χ0v) is 17.3. The normalized spacial score (nSPS) is 30.9. The van der Waals surface area contributed by atoms with Crippen molar-refractivity contribution in [1.82, 2.24) is 20.9 Å². The Hall–Kier alpha value is -2.25. The molecule has 3 aliphatic heterocycles. The second-order valence-electron chi connectivity index (χ2n) is 9.23. The van der Waals surface area contributed by atoms with Gasteiger partial charge in [-0.2, -0.15) is 0 Å². The molecular formula is C23H30N4O3. The van der Waals surface area contributed by atoms with Gasteiger partial charge in [0.15, 0.2) is 0 Å². The van der Waals surface area contributed by atoms with Gasteiger partial charge in [0, 0.05) is 43.7 Å². The maximum absolute atomic E-state index is 13.2. The lowest BCUT2D eigenvalue weighted by molar-refractivity contribution is -0.136. The molecule has 0 radical (unpaired) electrons. The first-order valence-corrected chi connectivity index (χ1v) is 11.3. The molecule has 4 aliphatic rings. The first-order valence-electron chi connectivity index (χ1n) is 11.3. The number of piperidine rings is 1. The first kappa shape index (κ1) is 19.7. The Morgan fingerprint density at radius 2 is 1.97 bits per heavy atom. The van der Waals surface area contributed by atoms with Crippen LogP contribution < -0.4 is 16.0 Å². The molecule has 7 heteroatoms. The standard InChI is InChI=1S/C23H30N4O3/c28-20-9-8-19(22(29)26-20)27-13-16-6-3-5-15(21(16)23(27)30)11-24-12-17-10-14-4-1-2-7-18(14)25-17/h3,5-6,14,17-19,24-25H,1-2,4,7-13H2,(H,26,28,29)/t14-,17-,18-,19?/m0/s1. The molecule has 3 amide bonds. The molecule has 2 saturated heterocycles. The van der Waals surface area contributed by atoms with Gasteiger partial charge in [-0.1, -0.05) is 31.0 Å². The molecule has 7 nitrogen and oxygen atoms in total. The third-order valence-electron chi connectivity index (χ3n) is 7.29. The molecule has 3 fully saturated rings. The summed E-state index contributed by atoms with van der Waals surface area (Å²) in [5, 5.41) is 9.71. The molecule has 160 valence electrons. The molecule has 1 aliphatic carbocycles. The van der Waals surface area contributed by atoms with Gasteiger partial charge in [-0.25, -0.2) is 0 Å². The van der Waals surface area contributed by atoms with E-state index in [0.29, 0.717) is 31.6 Å². The van der Waals surface area contributed by atoms with Gasteiger partial charge in [-0.05, 0) is 42.7 Å². The maximum atomic E-state index is 13.2. The molecule has 30 heavy (non-hydrogen) atoms. The number of rotatable bonds is 5. The number of imide groups is 1. The fraction of sp³-hybridized carbons (Fsp3) is 0.609. The zero-order valence-electron chi connectivity index (χ0n) is 17.3. The van der Waals surface area contributed by atoms with Crippen molar-refractivity contribution in [3.05, 3.63) is 34.9 Å². The van der Waals surface area contributed by atoms with Gasteiger partial charge in [-0.3, -0.25) is 19.7 Å². The van der Waals surface area contributed by atoms with Crippen LogP contribution in [-0.4, -0.2) is 47.3 Å². The summed E-state index contributed by atoms with van der Waals surface area (Å²) >= 11 is 0. The highest BCUT2D eigenvalue weighted by Crippen LogP contribution is 2.33. The average molecular weight is 411 g/mol. The summed E-state index contributed by atoms with van der Waals surface area (Å²) in [6.07, 6.45) is 7.28. The SMILES string of the molecule is O=C1CCC(N2Cc3cccc(CNC[C@@H]4C[C@@H]5CCCC[C@@H]5N4)c3C2=O)C(=O)N1. The molecule has 0 bridgehead atoms. The first-order chi connectivity index (χ1) is 14.6. The summed E-state index contributed by atoms with van der Waals surface area (Å²) in [5.41, 5.74) is 2.68. The Morgan fingerprint density at radius 3 is 2.80 bits per heavy atom. The number of carbonyl (C=O) groups excluding carboxylic acids is 3. The van der Waals surface area contributed by atoms with E-state index >= 15 is 0 Å². The van der Waals surface area contributed by atoms with E-state index in [-0.39, 0.29) is 24.1 Å². The van der Waals surface area contributed by atoms with Crippen molar-refractivity contribution in [2.45, 2.75) is 76.2 Å². The molecule has 3 heterocycles. The third-order valence-corrected chi connectivity index (χ3v) is 7.29. The summed E-state index contributed by atoms with van der Waals surface area (Å²) in [7, 11) is 0. The Bertz CT molecular complexity index is 856. The summed E-state index contributed by atoms with van der Waals surface area (Å²) < 4.78 is 0. The molecular weight excluding hydrogens is 380 g/mol. The lowest BCUT2D eigenvalue weighted by Gasteiger charge is -2.29. The van der Waals surface area contributed by atoms with Crippen LogP contribution in [0.3, 0.4) is 0 Å². The number of hydrogen-bond donors (Lipinski definition) is 3. The van der Waals surface area contributed by atoms with Crippen LogP contribution in [0, 0.1) is 5.92 Å². The van der Waals surface area contributed by atoms with Gasteiger partial charge in [0.1, 0.15) is 6.04 Å². The maximum Gasteiger partial charge on any atom is 0.255 e. The smallest absolute Gasteiger partial charge is 0.255 e. The minimum absolute atomic E-state index is 0.0955. The number of nitrogens with one attached hydrogen (secondary N) is 3. The molecule has 1 aromatic rings. The minimum atomic E-state index is -0.561. The van der Waals surface area contributed by atoms with Crippen molar-refractivity contribution in [2.24, 2.45) is 5.92 Å². The summed E-state index contributed by atoms with van der Waals surface area (Å²) in [4.78, 5) is 38.5. The summed E-state index contributed by atoms with van der Waals surface area (Å²) in [6, 6.07) is 6.58.